The molecule has 0 bridgehead atoms. The Hall–Kier alpha value is -3.38. The first kappa shape index (κ1) is 20.4. The number of nitrogens with two attached hydrogens (primary N) is 1. The number of amides is 2. The first-order valence-electron chi connectivity index (χ1n) is 8.55. The van der Waals surface area contributed by atoms with Gasteiger partial charge in [-0.3, -0.25) is 0 Å². The number of sulfonamides is 1. The number of benzene rings is 1. The molecule has 152 valence electrons. The van der Waals surface area contributed by atoms with Gasteiger partial charge in [0.25, 0.3) is 5.95 Å². The Morgan fingerprint density at radius 3 is 2.48 bits per heavy atom. The van der Waals surface area contributed by atoms with Crippen molar-refractivity contribution in [3.05, 3.63) is 53.9 Å². The number of carbonyl (C=O) groups excluding carboxylic acids is 1. The minimum Gasteiger partial charge on any atom is -0.328 e. The van der Waals surface area contributed by atoms with Crippen LogP contribution >= 0.6 is 0 Å². The van der Waals surface area contributed by atoms with Gasteiger partial charge >= 0.3 is 6.03 Å². The van der Waals surface area contributed by atoms with Crippen molar-refractivity contribution in [1.82, 2.24) is 30.0 Å². The molecule has 0 aliphatic heterocycles. The molecule has 2 aromatic heterocycles. The molecule has 2 amide bonds. The number of anilines is 1. The van der Waals surface area contributed by atoms with E-state index in [-0.39, 0.29) is 4.90 Å². The lowest BCUT2D eigenvalue weighted by molar-refractivity contribution is 0.248. The summed E-state index contributed by atoms with van der Waals surface area (Å²) in [5.74, 6) is 0.780. The molecule has 2 heterocycles. The number of carbonyl (C=O) groups is 1. The van der Waals surface area contributed by atoms with Crippen LogP contribution in [0.4, 0.5) is 10.5 Å². The highest BCUT2D eigenvalue weighted by Gasteiger charge is 2.19. The van der Waals surface area contributed by atoms with Gasteiger partial charge in [0.05, 0.1) is 10.9 Å². The average molecular weight is 416 g/mol. The van der Waals surface area contributed by atoms with Crippen LogP contribution in [0.15, 0.2) is 41.8 Å². The molecule has 12 heteroatoms. The van der Waals surface area contributed by atoms with E-state index in [1.165, 1.54) is 17.1 Å². The van der Waals surface area contributed by atoms with E-state index in [2.05, 4.69) is 30.7 Å². The Bertz CT molecular complexity index is 1140. The molecule has 3 aromatic rings. The highest BCUT2D eigenvalue weighted by atomic mass is 32.2. The van der Waals surface area contributed by atoms with Gasteiger partial charge in [0.2, 0.25) is 10.0 Å². The van der Waals surface area contributed by atoms with Crippen LogP contribution in [0, 0.1) is 13.8 Å². The van der Waals surface area contributed by atoms with E-state index in [9.17, 15) is 13.2 Å². The second-order valence-electron chi connectivity index (χ2n) is 6.38. The molecule has 3 rings (SSSR count). The van der Waals surface area contributed by atoms with Gasteiger partial charge in [-0.05, 0) is 50.1 Å². The molecule has 0 saturated carbocycles. The van der Waals surface area contributed by atoms with Gasteiger partial charge in [-0.25, -0.2) is 33.3 Å². The molecule has 0 radical (unpaired) electrons. The summed E-state index contributed by atoms with van der Waals surface area (Å²) in [6.45, 7) is 5.02. The van der Waals surface area contributed by atoms with Crippen molar-refractivity contribution in [2.45, 2.75) is 31.7 Å². The summed E-state index contributed by atoms with van der Waals surface area (Å²) in [6, 6.07) is 3.66. The molecule has 0 saturated heterocycles. The lowest BCUT2D eigenvalue weighted by Crippen LogP contribution is -2.33. The quantitative estimate of drug-likeness (QED) is 0.564. The number of nitrogens with one attached hydrogen (secondary N) is 2. The summed E-state index contributed by atoms with van der Waals surface area (Å²) in [5, 5.41) is 14.8. The number of hydrogen-bond acceptors (Lipinski definition) is 7. The zero-order chi connectivity index (χ0) is 21.2. The number of rotatable bonds is 5. The maximum Gasteiger partial charge on any atom is 0.319 e. The monoisotopic (exact) mass is 416 g/mol. The molecule has 4 N–H and O–H groups in total. The Kier molecular flexibility index (Phi) is 5.57. The summed E-state index contributed by atoms with van der Waals surface area (Å²) in [5.41, 5.74) is 1.46. The zero-order valence-corrected chi connectivity index (χ0v) is 16.8. The summed E-state index contributed by atoms with van der Waals surface area (Å²) in [6.07, 6.45) is 4.51. The second-order valence-corrected chi connectivity index (χ2v) is 7.91. The standard InChI is InChI=1S/C17H20N8O3S/c1-10-8-14(29(18,27)28)11(2)7-13(10)24-17(26)23-12(3)15-21-9-22-25(15)16-19-5-4-6-20-16/h4-9,12H,1-3H3,(H2,18,27,28)(H2,23,24,26). The van der Waals surface area contributed by atoms with Gasteiger partial charge < -0.3 is 10.6 Å². The third-order valence-electron chi connectivity index (χ3n) is 4.13. The Morgan fingerprint density at radius 1 is 1.14 bits per heavy atom. The minimum absolute atomic E-state index is 0.0188. The van der Waals surface area contributed by atoms with E-state index in [1.54, 1.807) is 45.3 Å². The third-order valence-corrected chi connectivity index (χ3v) is 5.18. The molecule has 1 aromatic carbocycles. The Morgan fingerprint density at radius 2 is 1.83 bits per heavy atom. The molecule has 1 unspecified atom stereocenters. The van der Waals surface area contributed by atoms with Crippen molar-refractivity contribution < 1.29 is 13.2 Å². The highest BCUT2D eigenvalue weighted by Crippen LogP contribution is 2.23. The first-order valence-corrected chi connectivity index (χ1v) is 10.1. The fraction of sp³-hybridized carbons (Fsp3) is 0.235. The minimum atomic E-state index is -3.84. The van der Waals surface area contributed by atoms with E-state index in [0.29, 0.717) is 28.6 Å². The normalized spacial score (nSPS) is 12.4. The Labute approximate surface area is 167 Å². The van der Waals surface area contributed by atoms with Gasteiger partial charge in [-0.15, -0.1) is 0 Å². The number of primary sulfonamides is 1. The summed E-state index contributed by atoms with van der Waals surface area (Å²) in [4.78, 5) is 24.9. The molecule has 11 nitrogen and oxygen atoms in total. The van der Waals surface area contributed by atoms with Gasteiger partial charge in [0, 0.05) is 18.1 Å². The van der Waals surface area contributed by atoms with Crippen molar-refractivity contribution in [3.8, 4) is 5.95 Å². The highest BCUT2D eigenvalue weighted by molar-refractivity contribution is 7.89. The van der Waals surface area contributed by atoms with Crippen molar-refractivity contribution >= 4 is 21.7 Å². The smallest absolute Gasteiger partial charge is 0.319 e. The van der Waals surface area contributed by atoms with E-state index < -0.39 is 22.1 Å². The van der Waals surface area contributed by atoms with Gasteiger partial charge in [-0.1, -0.05) is 0 Å². The number of hydrogen-bond donors (Lipinski definition) is 3. The molecular formula is C17H20N8O3S. The molecular weight excluding hydrogens is 396 g/mol. The molecule has 0 spiro atoms. The SMILES string of the molecule is Cc1cc(S(N)(=O)=O)c(C)cc1NC(=O)NC(C)c1ncnn1-c1ncccn1. The second kappa shape index (κ2) is 7.93. The molecule has 29 heavy (non-hydrogen) atoms. The van der Waals surface area contributed by atoms with Crippen molar-refractivity contribution in [2.24, 2.45) is 5.14 Å². The summed E-state index contributed by atoms with van der Waals surface area (Å²) >= 11 is 0. The molecule has 0 aliphatic carbocycles. The lowest BCUT2D eigenvalue weighted by atomic mass is 10.1. The number of nitrogens with zero attached hydrogens (tertiary/aromatic N) is 5. The molecule has 0 aliphatic rings. The van der Waals surface area contributed by atoms with E-state index in [4.69, 9.17) is 5.14 Å². The first-order chi connectivity index (χ1) is 13.7. The summed E-state index contributed by atoms with van der Waals surface area (Å²) < 4.78 is 24.7. The van der Waals surface area contributed by atoms with Gasteiger partial charge in [-0.2, -0.15) is 9.78 Å². The molecule has 1 atom stereocenters. The van der Waals surface area contributed by atoms with E-state index >= 15 is 0 Å². The number of urea groups is 1. The fourth-order valence-corrected chi connectivity index (χ4v) is 3.60. The lowest BCUT2D eigenvalue weighted by Gasteiger charge is -2.16. The predicted octanol–water partition coefficient (Wildman–Crippen LogP) is 1.20. The number of aromatic nitrogens is 5. The van der Waals surface area contributed by atoms with Crippen molar-refractivity contribution in [2.75, 3.05) is 5.32 Å². The van der Waals surface area contributed by atoms with Crippen molar-refractivity contribution in [3.63, 3.8) is 0 Å². The van der Waals surface area contributed by atoms with Crippen LogP contribution in [0.5, 0.6) is 0 Å². The van der Waals surface area contributed by atoms with Crippen LogP contribution in [-0.2, 0) is 10.0 Å². The van der Waals surface area contributed by atoms with Crippen LogP contribution in [0.1, 0.15) is 29.9 Å². The van der Waals surface area contributed by atoms with Crippen molar-refractivity contribution in [1.29, 1.82) is 0 Å². The largest absolute Gasteiger partial charge is 0.328 e. The van der Waals surface area contributed by atoms with Crippen LogP contribution in [0.3, 0.4) is 0 Å². The fourth-order valence-electron chi connectivity index (χ4n) is 2.75. The maximum atomic E-state index is 12.5. The van der Waals surface area contributed by atoms with E-state index in [1.807, 2.05) is 0 Å². The van der Waals surface area contributed by atoms with Gasteiger partial charge in [0.15, 0.2) is 5.82 Å². The predicted molar refractivity (Wildman–Crippen MR) is 105 cm³/mol. The Balaban J connectivity index is 1.76. The van der Waals surface area contributed by atoms with E-state index in [0.717, 1.165) is 0 Å². The third kappa shape index (κ3) is 4.55. The van der Waals surface area contributed by atoms with Gasteiger partial charge in [0.1, 0.15) is 6.33 Å². The van der Waals surface area contributed by atoms with Crippen LogP contribution in [0.2, 0.25) is 0 Å². The topological polar surface area (TPSA) is 158 Å². The van der Waals surface area contributed by atoms with Crippen LogP contribution < -0.4 is 15.8 Å². The summed E-state index contributed by atoms with van der Waals surface area (Å²) in [7, 11) is -3.84. The average Bonchev–Trinajstić information content (AvgIpc) is 3.14. The molecule has 0 fully saturated rings. The van der Waals surface area contributed by atoms with Crippen LogP contribution in [-0.4, -0.2) is 39.2 Å². The van der Waals surface area contributed by atoms with Crippen LogP contribution in [0.25, 0.3) is 5.95 Å². The number of aryl methyl sites for hydroxylation is 2. The maximum absolute atomic E-state index is 12.5. The zero-order valence-electron chi connectivity index (χ0n) is 16.0.